The summed E-state index contributed by atoms with van der Waals surface area (Å²) in [4.78, 5) is 15.7. The highest BCUT2D eigenvalue weighted by molar-refractivity contribution is 5.98. The summed E-state index contributed by atoms with van der Waals surface area (Å²) in [7, 11) is 0. The van der Waals surface area contributed by atoms with Crippen LogP contribution < -0.4 is 0 Å². The Morgan fingerprint density at radius 1 is 1.42 bits per heavy atom. The van der Waals surface area contributed by atoms with Crippen molar-refractivity contribution >= 4 is 11.7 Å². The molecule has 1 aromatic rings. The number of esters is 1. The number of carbonyl (C=O) groups is 1. The van der Waals surface area contributed by atoms with E-state index in [4.69, 9.17) is 10.00 Å². The molecule has 0 aliphatic carbocycles. The van der Waals surface area contributed by atoms with Gasteiger partial charge >= 0.3 is 5.97 Å². The lowest BCUT2D eigenvalue weighted by Crippen LogP contribution is -2.12. The highest BCUT2D eigenvalue weighted by Crippen LogP contribution is 2.02. The molecule has 0 fully saturated rings. The van der Waals surface area contributed by atoms with Crippen LogP contribution in [0.4, 0.5) is 0 Å². The first-order valence-electron chi connectivity index (χ1n) is 6.29. The van der Waals surface area contributed by atoms with Crippen LogP contribution in [0.1, 0.15) is 32.3 Å². The highest BCUT2D eigenvalue weighted by atomic mass is 16.5. The van der Waals surface area contributed by atoms with Crippen molar-refractivity contribution in [2.45, 2.75) is 32.8 Å². The zero-order valence-corrected chi connectivity index (χ0v) is 11.3. The first-order chi connectivity index (χ1) is 9.13. The minimum absolute atomic E-state index is 0.289. The van der Waals surface area contributed by atoms with Crippen LogP contribution in [0.15, 0.2) is 35.3 Å². The zero-order chi connectivity index (χ0) is 14.1. The molecule has 0 N–H and O–H groups in total. The summed E-state index contributed by atoms with van der Waals surface area (Å²) in [5.41, 5.74) is 2.04. The van der Waals surface area contributed by atoms with Gasteiger partial charge in [-0.25, -0.2) is 0 Å². The van der Waals surface area contributed by atoms with Crippen molar-refractivity contribution < 1.29 is 9.53 Å². The van der Waals surface area contributed by atoms with Crippen molar-refractivity contribution in [2.24, 2.45) is 4.99 Å². The number of rotatable bonds is 6. The Kier molecular flexibility index (Phi) is 6.31. The van der Waals surface area contributed by atoms with Gasteiger partial charge in [0.15, 0.2) is 6.10 Å². The summed E-state index contributed by atoms with van der Waals surface area (Å²) in [6.07, 6.45) is 0.237. The molecule has 0 radical (unpaired) electrons. The molecule has 0 spiro atoms. The number of hydrogen-bond acceptors (Lipinski definition) is 4. The predicted molar refractivity (Wildman–Crippen MR) is 73.9 cm³/mol. The zero-order valence-electron chi connectivity index (χ0n) is 11.3. The Morgan fingerprint density at radius 2 is 2.11 bits per heavy atom. The maximum Gasteiger partial charge on any atom is 0.307 e. The van der Waals surface area contributed by atoms with Crippen LogP contribution in [0.3, 0.4) is 0 Å². The minimum Gasteiger partial charge on any atom is -0.447 e. The lowest BCUT2D eigenvalue weighted by atomic mass is 10.1. The first kappa shape index (κ1) is 14.9. The molecule has 1 atom stereocenters. The van der Waals surface area contributed by atoms with E-state index >= 15 is 0 Å². The summed E-state index contributed by atoms with van der Waals surface area (Å²) in [6, 6.07) is 11.8. The molecule has 4 heteroatoms. The molecule has 19 heavy (non-hydrogen) atoms. The monoisotopic (exact) mass is 258 g/mol. The molecule has 0 saturated carbocycles. The Balaban J connectivity index is 2.31. The van der Waals surface area contributed by atoms with Crippen molar-refractivity contribution in [3.63, 3.8) is 0 Å². The quantitative estimate of drug-likeness (QED) is 0.448. The molecule has 1 rings (SSSR count). The second-order valence-corrected chi connectivity index (χ2v) is 4.20. The van der Waals surface area contributed by atoms with Gasteiger partial charge in [0.25, 0.3) is 0 Å². The average Bonchev–Trinajstić information content (AvgIpc) is 2.44. The molecule has 0 heterocycles. The van der Waals surface area contributed by atoms with Crippen LogP contribution in [-0.2, 0) is 9.53 Å². The van der Waals surface area contributed by atoms with E-state index in [1.54, 1.807) is 6.92 Å². The van der Waals surface area contributed by atoms with Crippen LogP contribution >= 0.6 is 0 Å². The van der Waals surface area contributed by atoms with Crippen LogP contribution in [-0.4, -0.2) is 24.3 Å². The van der Waals surface area contributed by atoms with E-state index < -0.39 is 6.10 Å². The third-order valence-electron chi connectivity index (χ3n) is 2.57. The largest absolute Gasteiger partial charge is 0.447 e. The van der Waals surface area contributed by atoms with Gasteiger partial charge in [0, 0.05) is 18.7 Å². The topological polar surface area (TPSA) is 62.4 Å². The second-order valence-electron chi connectivity index (χ2n) is 4.20. The minimum atomic E-state index is -0.679. The number of carbonyl (C=O) groups excluding carboxylic acids is 1. The maximum atomic E-state index is 11.3. The second kappa shape index (κ2) is 8.04. The van der Waals surface area contributed by atoms with Crippen molar-refractivity contribution in [1.29, 1.82) is 5.26 Å². The molecular weight excluding hydrogens is 240 g/mol. The fourth-order valence-corrected chi connectivity index (χ4v) is 1.52. The maximum absolute atomic E-state index is 11.3. The number of aliphatic imine (C=N–C) groups is 1. The SMILES string of the molecule is C/C(=N/CCCC(=O)OC(C)C#N)c1ccccc1. The van der Waals surface area contributed by atoms with Crippen LogP contribution in [0, 0.1) is 11.3 Å². The normalized spacial score (nSPS) is 12.6. The van der Waals surface area contributed by atoms with Crippen LogP contribution in [0.25, 0.3) is 0 Å². The van der Waals surface area contributed by atoms with E-state index in [1.807, 2.05) is 43.3 Å². The molecule has 0 aromatic heterocycles. The fourth-order valence-electron chi connectivity index (χ4n) is 1.52. The first-order valence-corrected chi connectivity index (χ1v) is 6.29. The van der Waals surface area contributed by atoms with Crippen LogP contribution in [0.2, 0.25) is 0 Å². The molecule has 0 aliphatic rings. The third-order valence-corrected chi connectivity index (χ3v) is 2.57. The van der Waals surface area contributed by atoms with E-state index in [0.29, 0.717) is 13.0 Å². The van der Waals surface area contributed by atoms with Crippen molar-refractivity contribution in [3.05, 3.63) is 35.9 Å². The van der Waals surface area contributed by atoms with E-state index in [9.17, 15) is 4.79 Å². The predicted octanol–water partition coefficient (Wildman–Crippen LogP) is 2.73. The molecular formula is C15H18N2O2. The Labute approximate surface area is 113 Å². The summed E-state index contributed by atoms with van der Waals surface area (Å²) in [6.45, 7) is 4.08. The Bertz CT molecular complexity index is 475. The lowest BCUT2D eigenvalue weighted by molar-refractivity contribution is -0.145. The van der Waals surface area contributed by atoms with Crippen LogP contribution in [0.5, 0.6) is 0 Å². The molecule has 100 valence electrons. The standard InChI is InChI=1S/C15H18N2O2/c1-12(11-16)19-15(18)9-6-10-17-13(2)14-7-4-3-5-8-14/h3-5,7-8,12H,6,9-10H2,1-2H3/b17-13-. The summed E-state index contributed by atoms with van der Waals surface area (Å²) in [5, 5.41) is 8.51. The number of nitrogens with zero attached hydrogens (tertiary/aromatic N) is 2. The Morgan fingerprint density at radius 3 is 2.74 bits per heavy atom. The van der Waals surface area contributed by atoms with Gasteiger partial charge in [-0.1, -0.05) is 30.3 Å². The summed E-state index contributed by atoms with van der Waals surface area (Å²) >= 11 is 0. The highest BCUT2D eigenvalue weighted by Gasteiger charge is 2.07. The number of nitriles is 1. The fraction of sp³-hybridized carbons (Fsp3) is 0.400. The molecule has 1 unspecified atom stereocenters. The van der Waals surface area contributed by atoms with Gasteiger partial charge in [-0.2, -0.15) is 5.26 Å². The van der Waals surface area contributed by atoms with Gasteiger partial charge in [0.2, 0.25) is 0 Å². The van der Waals surface area contributed by atoms with E-state index in [0.717, 1.165) is 11.3 Å². The van der Waals surface area contributed by atoms with E-state index in [1.165, 1.54) is 0 Å². The molecule has 4 nitrogen and oxygen atoms in total. The van der Waals surface area contributed by atoms with Gasteiger partial charge in [-0.3, -0.25) is 9.79 Å². The lowest BCUT2D eigenvalue weighted by Gasteiger charge is -2.05. The number of hydrogen-bond donors (Lipinski definition) is 0. The van der Waals surface area contributed by atoms with Gasteiger partial charge in [-0.15, -0.1) is 0 Å². The summed E-state index contributed by atoms with van der Waals surface area (Å²) in [5.74, 6) is -0.346. The Hall–Kier alpha value is -2.15. The van der Waals surface area contributed by atoms with Crippen molar-refractivity contribution in [1.82, 2.24) is 0 Å². The van der Waals surface area contributed by atoms with Gasteiger partial charge < -0.3 is 4.74 Å². The van der Waals surface area contributed by atoms with Crippen molar-refractivity contribution in [2.75, 3.05) is 6.54 Å². The van der Waals surface area contributed by atoms with Gasteiger partial charge in [0.05, 0.1) is 0 Å². The molecule has 1 aromatic carbocycles. The average molecular weight is 258 g/mol. The molecule has 0 amide bonds. The molecule has 0 saturated heterocycles. The molecule has 0 aliphatic heterocycles. The van der Waals surface area contributed by atoms with Crippen molar-refractivity contribution in [3.8, 4) is 6.07 Å². The van der Waals surface area contributed by atoms with E-state index in [-0.39, 0.29) is 12.4 Å². The third kappa shape index (κ3) is 5.82. The summed E-state index contributed by atoms with van der Waals surface area (Å²) < 4.78 is 4.84. The molecule has 0 bridgehead atoms. The smallest absolute Gasteiger partial charge is 0.307 e. The van der Waals surface area contributed by atoms with Gasteiger partial charge in [0.1, 0.15) is 6.07 Å². The number of ether oxygens (including phenoxy) is 1. The van der Waals surface area contributed by atoms with E-state index in [2.05, 4.69) is 4.99 Å². The van der Waals surface area contributed by atoms with Gasteiger partial charge in [-0.05, 0) is 25.8 Å². The number of benzene rings is 1.